The molecule has 0 aliphatic heterocycles. The Labute approximate surface area is 82.6 Å². The molecule has 1 aliphatic carbocycles. The molecule has 1 fully saturated rings. The molecule has 0 spiro atoms. The Bertz CT molecular complexity index is 163. The van der Waals surface area contributed by atoms with Crippen molar-refractivity contribution < 1.29 is 0 Å². The van der Waals surface area contributed by atoms with Crippen LogP contribution in [-0.2, 0) is 0 Å². The molecule has 0 aromatic rings. The quantitative estimate of drug-likeness (QED) is 0.660. The van der Waals surface area contributed by atoms with Gasteiger partial charge in [0.25, 0.3) is 0 Å². The molecule has 0 aromatic heterocycles. The SMILES string of the molecule is C/C=C/CNC1CC(C)CCC1C. The van der Waals surface area contributed by atoms with Crippen LogP contribution in [0.25, 0.3) is 0 Å². The highest BCUT2D eigenvalue weighted by atomic mass is 14.9. The molecule has 76 valence electrons. The molecule has 13 heavy (non-hydrogen) atoms. The van der Waals surface area contributed by atoms with Gasteiger partial charge in [-0.2, -0.15) is 0 Å². The average molecular weight is 181 g/mol. The van der Waals surface area contributed by atoms with Gasteiger partial charge in [-0.15, -0.1) is 0 Å². The molecular formula is C12H23N. The van der Waals surface area contributed by atoms with Crippen molar-refractivity contribution in [1.82, 2.24) is 5.32 Å². The molecule has 0 amide bonds. The predicted octanol–water partition coefficient (Wildman–Crippen LogP) is 2.98. The Morgan fingerprint density at radius 3 is 2.77 bits per heavy atom. The van der Waals surface area contributed by atoms with E-state index in [1.54, 1.807) is 0 Å². The van der Waals surface area contributed by atoms with Gasteiger partial charge in [-0.3, -0.25) is 0 Å². The second kappa shape index (κ2) is 5.43. The minimum absolute atomic E-state index is 0.750. The summed E-state index contributed by atoms with van der Waals surface area (Å²) in [6.07, 6.45) is 8.49. The van der Waals surface area contributed by atoms with Crippen molar-refractivity contribution in [3.63, 3.8) is 0 Å². The van der Waals surface area contributed by atoms with Crippen molar-refractivity contribution in [1.29, 1.82) is 0 Å². The van der Waals surface area contributed by atoms with E-state index in [0.29, 0.717) is 0 Å². The third-order valence-electron chi connectivity index (χ3n) is 3.19. The van der Waals surface area contributed by atoms with Gasteiger partial charge in [0, 0.05) is 12.6 Å². The molecule has 1 rings (SSSR count). The maximum absolute atomic E-state index is 3.62. The van der Waals surface area contributed by atoms with Crippen LogP contribution in [0.15, 0.2) is 12.2 Å². The first-order chi connectivity index (χ1) is 6.24. The van der Waals surface area contributed by atoms with Gasteiger partial charge < -0.3 is 5.32 Å². The van der Waals surface area contributed by atoms with E-state index in [2.05, 4.69) is 38.2 Å². The first-order valence-electron chi connectivity index (χ1n) is 5.58. The second-order valence-corrected chi connectivity index (χ2v) is 4.48. The van der Waals surface area contributed by atoms with E-state index in [-0.39, 0.29) is 0 Å². The lowest BCUT2D eigenvalue weighted by molar-refractivity contribution is 0.234. The lowest BCUT2D eigenvalue weighted by Crippen LogP contribution is -2.39. The molecular weight excluding hydrogens is 158 g/mol. The summed E-state index contributed by atoms with van der Waals surface area (Å²) in [5.41, 5.74) is 0. The maximum Gasteiger partial charge on any atom is 0.0137 e. The fraction of sp³-hybridized carbons (Fsp3) is 0.833. The van der Waals surface area contributed by atoms with Gasteiger partial charge in [0.05, 0.1) is 0 Å². The van der Waals surface area contributed by atoms with Crippen molar-refractivity contribution in [3.05, 3.63) is 12.2 Å². The number of allylic oxidation sites excluding steroid dienone is 1. The van der Waals surface area contributed by atoms with Gasteiger partial charge in [-0.1, -0.05) is 32.4 Å². The monoisotopic (exact) mass is 181 g/mol. The molecule has 1 saturated carbocycles. The number of nitrogens with one attached hydrogen (secondary N) is 1. The summed E-state index contributed by atoms with van der Waals surface area (Å²) in [6, 6.07) is 0.750. The summed E-state index contributed by atoms with van der Waals surface area (Å²) >= 11 is 0. The van der Waals surface area contributed by atoms with Crippen LogP contribution in [0.3, 0.4) is 0 Å². The summed E-state index contributed by atoms with van der Waals surface area (Å²) in [6.45, 7) is 7.86. The smallest absolute Gasteiger partial charge is 0.0137 e. The van der Waals surface area contributed by atoms with Crippen molar-refractivity contribution in [3.8, 4) is 0 Å². The zero-order chi connectivity index (χ0) is 9.68. The molecule has 1 nitrogen and oxygen atoms in total. The van der Waals surface area contributed by atoms with Gasteiger partial charge in [0.15, 0.2) is 0 Å². The average Bonchev–Trinajstić information content (AvgIpc) is 2.11. The van der Waals surface area contributed by atoms with Crippen LogP contribution in [0, 0.1) is 11.8 Å². The van der Waals surface area contributed by atoms with E-state index in [1.165, 1.54) is 19.3 Å². The van der Waals surface area contributed by atoms with E-state index in [1.807, 2.05) is 0 Å². The Balaban J connectivity index is 2.29. The fourth-order valence-corrected chi connectivity index (χ4v) is 2.15. The van der Waals surface area contributed by atoms with Crippen LogP contribution in [0.5, 0.6) is 0 Å². The Hall–Kier alpha value is -0.300. The van der Waals surface area contributed by atoms with Crippen LogP contribution in [0.4, 0.5) is 0 Å². The van der Waals surface area contributed by atoms with E-state index >= 15 is 0 Å². The molecule has 0 radical (unpaired) electrons. The normalized spacial score (nSPS) is 35.5. The van der Waals surface area contributed by atoms with Crippen LogP contribution >= 0.6 is 0 Å². The Morgan fingerprint density at radius 1 is 1.31 bits per heavy atom. The molecule has 1 aliphatic rings. The van der Waals surface area contributed by atoms with E-state index in [4.69, 9.17) is 0 Å². The molecule has 1 heteroatoms. The van der Waals surface area contributed by atoms with Crippen LogP contribution in [-0.4, -0.2) is 12.6 Å². The van der Waals surface area contributed by atoms with E-state index in [9.17, 15) is 0 Å². The van der Waals surface area contributed by atoms with E-state index in [0.717, 1.165) is 24.4 Å². The highest BCUT2D eigenvalue weighted by Gasteiger charge is 2.24. The molecule has 3 unspecified atom stereocenters. The van der Waals surface area contributed by atoms with Gasteiger partial charge in [0.2, 0.25) is 0 Å². The standard InChI is InChI=1S/C12H23N/c1-4-5-8-13-12-9-10(2)6-7-11(12)3/h4-5,10-13H,6-9H2,1-3H3/b5-4+. The van der Waals surface area contributed by atoms with Gasteiger partial charge >= 0.3 is 0 Å². The topological polar surface area (TPSA) is 12.0 Å². The van der Waals surface area contributed by atoms with Crippen LogP contribution < -0.4 is 5.32 Å². The lowest BCUT2D eigenvalue weighted by Gasteiger charge is -2.33. The Morgan fingerprint density at radius 2 is 2.08 bits per heavy atom. The van der Waals surface area contributed by atoms with E-state index < -0.39 is 0 Å². The van der Waals surface area contributed by atoms with Crippen molar-refractivity contribution in [2.45, 2.75) is 46.1 Å². The molecule has 0 saturated heterocycles. The summed E-state index contributed by atoms with van der Waals surface area (Å²) in [7, 11) is 0. The second-order valence-electron chi connectivity index (χ2n) is 4.48. The third-order valence-corrected chi connectivity index (χ3v) is 3.19. The van der Waals surface area contributed by atoms with Crippen molar-refractivity contribution in [2.24, 2.45) is 11.8 Å². The summed E-state index contributed by atoms with van der Waals surface area (Å²) in [5, 5.41) is 3.62. The highest BCUT2D eigenvalue weighted by Crippen LogP contribution is 2.28. The van der Waals surface area contributed by atoms with Gasteiger partial charge in [-0.25, -0.2) is 0 Å². The van der Waals surface area contributed by atoms with Crippen molar-refractivity contribution in [2.75, 3.05) is 6.54 Å². The largest absolute Gasteiger partial charge is 0.310 e. The molecule has 0 heterocycles. The van der Waals surface area contributed by atoms with Crippen LogP contribution in [0.2, 0.25) is 0 Å². The zero-order valence-corrected chi connectivity index (χ0v) is 9.22. The number of hydrogen-bond acceptors (Lipinski definition) is 1. The third kappa shape index (κ3) is 3.51. The van der Waals surface area contributed by atoms with Crippen LogP contribution in [0.1, 0.15) is 40.0 Å². The Kier molecular flexibility index (Phi) is 4.51. The molecule has 0 bridgehead atoms. The first-order valence-corrected chi connectivity index (χ1v) is 5.58. The maximum atomic E-state index is 3.62. The highest BCUT2D eigenvalue weighted by molar-refractivity contribution is 4.86. The molecule has 3 atom stereocenters. The predicted molar refractivity (Wildman–Crippen MR) is 58.8 cm³/mol. The molecule has 1 N–H and O–H groups in total. The first kappa shape index (κ1) is 10.8. The number of rotatable bonds is 3. The fourth-order valence-electron chi connectivity index (χ4n) is 2.15. The van der Waals surface area contributed by atoms with Gasteiger partial charge in [0.1, 0.15) is 0 Å². The summed E-state index contributed by atoms with van der Waals surface area (Å²) in [5.74, 6) is 1.78. The zero-order valence-electron chi connectivity index (χ0n) is 9.22. The molecule has 0 aromatic carbocycles. The summed E-state index contributed by atoms with van der Waals surface area (Å²) < 4.78 is 0. The minimum atomic E-state index is 0.750. The van der Waals surface area contributed by atoms with Gasteiger partial charge in [-0.05, 0) is 31.6 Å². The summed E-state index contributed by atoms with van der Waals surface area (Å²) in [4.78, 5) is 0. The van der Waals surface area contributed by atoms with Crippen molar-refractivity contribution >= 4 is 0 Å². The number of hydrogen-bond donors (Lipinski definition) is 1. The minimum Gasteiger partial charge on any atom is -0.310 e. The lowest BCUT2D eigenvalue weighted by atomic mass is 9.80.